The first-order valence-corrected chi connectivity index (χ1v) is 8.43. The summed E-state index contributed by atoms with van der Waals surface area (Å²) in [6.07, 6.45) is 0. The molecule has 2 N–H and O–H groups in total. The SMILES string of the molecule is COc1ccccc1[C@H](CNC(=S)Nc1ccc(C)c(F)c1)N(C)C. The van der Waals surface area contributed by atoms with E-state index in [1.165, 1.54) is 6.07 Å². The van der Waals surface area contributed by atoms with Gasteiger partial charge in [0.1, 0.15) is 11.6 Å². The Morgan fingerprint density at radius 3 is 2.60 bits per heavy atom. The Hall–Kier alpha value is -2.18. The Morgan fingerprint density at radius 2 is 1.96 bits per heavy atom. The zero-order chi connectivity index (χ0) is 18.4. The van der Waals surface area contributed by atoms with Crippen LogP contribution in [0.5, 0.6) is 5.75 Å². The molecule has 0 amide bonds. The number of benzene rings is 2. The van der Waals surface area contributed by atoms with Crippen LogP contribution in [0.3, 0.4) is 0 Å². The molecule has 6 heteroatoms. The highest BCUT2D eigenvalue weighted by atomic mass is 32.1. The molecule has 2 aromatic rings. The van der Waals surface area contributed by atoms with E-state index in [0.29, 0.717) is 22.9 Å². The number of rotatable bonds is 6. The number of aryl methyl sites for hydroxylation is 1. The van der Waals surface area contributed by atoms with Gasteiger partial charge in [0, 0.05) is 17.8 Å². The third-order valence-corrected chi connectivity index (χ3v) is 4.25. The number of methoxy groups -OCH3 is 1. The van der Waals surface area contributed by atoms with Gasteiger partial charge in [0.2, 0.25) is 0 Å². The molecule has 0 spiro atoms. The van der Waals surface area contributed by atoms with E-state index in [2.05, 4.69) is 15.5 Å². The first-order valence-electron chi connectivity index (χ1n) is 8.02. The highest BCUT2D eigenvalue weighted by molar-refractivity contribution is 7.80. The second-order valence-electron chi connectivity index (χ2n) is 6.02. The van der Waals surface area contributed by atoms with Gasteiger partial charge in [-0.25, -0.2) is 4.39 Å². The first-order chi connectivity index (χ1) is 11.9. The monoisotopic (exact) mass is 361 g/mol. The fourth-order valence-corrected chi connectivity index (χ4v) is 2.75. The molecule has 0 saturated carbocycles. The number of nitrogens with zero attached hydrogens (tertiary/aromatic N) is 1. The first kappa shape index (κ1) is 19.1. The molecule has 0 radical (unpaired) electrons. The number of ether oxygens (including phenoxy) is 1. The molecule has 0 heterocycles. The van der Waals surface area contributed by atoms with Gasteiger partial charge in [-0.1, -0.05) is 24.3 Å². The van der Waals surface area contributed by atoms with Crippen molar-refractivity contribution >= 4 is 23.0 Å². The van der Waals surface area contributed by atoms with Crippen LogP contribution in [-0.2, 0) is 0 Å². The molecular formula is C19H24FN3OS. The zero-order valence-corrected chi connectivity index (χ0v) is 15.8. The highest BCUT2D eigenvalue weighted by Gasteiger charge is 2.18. The summed E-state index contributed by atoms with van der Waals surface area (Å²) in [6, 6.07) is 12.9. The van der Waals surface area contributed by atoms with Crippen molar-refractivity contribution in [2.75, 3.05) is 33.1 Å². The smallest absolute Gasteiger partial charge is 0.170 e. The summed E-state index contributed by atoms with van der Waals surface area (Å²) in [5, 5.41) is 6.66. The summed E-state index contributed by atoms with van der Waals surface area (Å²) in [7, 11) is 5.67. The van der Waals surface area contributed by atoms with Crippen molar-refractivity contribution in [2.45, 2.75) is 13.0 Å². The average Bonchev–Trinajstić information content (AvgIpc) is 2.58. The van der Waals surface area contributed by atoms with E-state index in [-0.39, 0.29) is 11.9 Å². The molecule has 0 saturated heterocycles. The summed E-state index contributed by atoms with van der Waals surface area (Å²) in [4.78, 5) is 2.10. The van der Waals surface area contributed by atoms with Gasteiger partial charge in [-0.05, 0) is 57.0 Å². The van der Waals surface area contributed by atoms with Crippen LogP contribution >= 0.6 is 12.2 Å². The Kier molecular flexibility index (Phi) is 6.73. The van der Waals surface area contributed by atoms with Crippen LogP contribution in [0.1, 0.15) is 17.2 Å². The van der Waals surface area contributed by atoms with Crippen LogP contribution in [0.2, 0.25) is 0 Å². The van der Waals surface area contributed by atoms with Crippen molar-refractivity contribution < 1.29 is 9.13 Å². The second kappa shape index (κ2) is 8.78. The van der Waals surface area contributed by atoms with Crippen LogP contribution in [0.15, 0.2) is 42.5 Å². The average molecular weight is 361 g/mol. The second-order valence-corrected chi connectivity index (χ2v) is 6.43. The minimum atomic E-state index is -0.256. The van der Waals surface area contributed by atoms with Gasteiger partial charge >= 0.3 is 0 Å². The molecule has 0 unspecified atom stereocenters. The maximum absolute atomic E-state index is 13.6. The van der Waals surface area contributed by atoms with Crippen molar-refractivity contribution in [1.82, 2.24) is 10.2 Å². The van der Waals surface area contributed by atoms with Crippen LogP contribution in [-0.4, -0.2) is 37.8 Å². The third kappa shape index (κ3) is 5.14. The molecule has 0 aromatic heterocycles. The van der Waals surface area contributed by atoms with Gasteiger partial charge in [0.25, 0.3) is 0 Å². The van der Waals surface area contributed by atoms with Crippen LogP contribution in [0, 0.1) is 12.7 Å². The summed E-state index contributed by atoms with van der Waals surface area (Å²) >= 11 is 5.33. The molecule has 0 aliphatic rings. The Balaban J connectivity index is 2.03. The molecule has 0 aliphatic carbocycles. The van der Waals surface area contributed by atoms with E-state index >= 15 is 0 Å². The molecule has 25 heavy (non-hydrogen) atoms. The minimum Gasteiger partial charge on any atom is -0.496 e. The van der Waals surface area contributed by atoms with E-state index < -0.39 is 0 Å². The number of likely N-dealkylation sites (N-methyl/N-ethyl adjacent to an activating group) is 1. The lowest BCUT2D eigenvalue weighted by atomic mass is 10.0. The van der Waals surface area contributed by atoms with Crippen molar-refractivity contribution in [2.24, 2.45) is 0 Å². The maximum Gasteiger partial charge on any atom is 0.170 e. The summed E-state index contributed by atoms with van der Waals surface area (Å²) in [5.41, 5.74) is 2.30. The fourth-order valence-electron chi connectivity index (χ4n) is 2.55. The number of para-hydroxylation sites is 1. The number of anilines is 1. The molecular weight excluding hydrogens is 337 g/mol. The van der Waals surface area contributed by atoms with E-state index in [4.69, 9.17) is 17.0 Å². The lowest BCUT2D eigenvalue weighted by molar-refractivity contribution is 0.288. The predicted molar refractivity (Wildman–Crippen MR) is 105 cm³/mol. The van der Waals surface area contributed by atoms with Crippen LogP contribution in [0.25, 0.3) is 0 Å². The molecule has 0 bridgehead atoms. The quantitative estimate of drug-likeness (QED) is 0.767. The number of hydrogen-bond donors (Lipinski definition) is 2. The number of halogens is 1. The van der Waals surface area contributed by atoms with Gasteiger partial charge in [0.15, 0.2) is 5.11 Å². The van der Waals surface area contributed by atoms with Gasteiger partial charge in [0.05, 0.1) is 13.2 Å². The lowest BCUT2D eigenvalue weighted by Crippen LogP contribution is -2.36. The highest BCUT2D eigenvalue weighted by Crippen LogP contribution is 2.27. The standard InChI is InChI=1S/C19H24FN3OS/c1-13-9-10-14(11-16(13)20)22-19(25)21-12-17(23(2)3)15-7-5-6-8-18(15)24-4/h5-11,17H,12H2,1-4H3,(H2,21,22,25)/t17-/m0/s1. The Morgan fingerprint density at radius 1 is 1.24 bits per heavy atom. The van der Waals surface area contributed by atoms with E-state index in [9.17, 15) is 4.39 Å². The summed E-state index contributed by atoms with van der Waals surface area (Å²) in [5.74, 6) is 0.579. The molecule has 0 fully saturated rings. The summed E-state index contributed by atoms with van der Waals surface area (Å²) in [6.45, 7) is 2.32. The normalized spacial score (nSPS) is 11.9. The van der Waals surface area contributed by atoms with Crippen molar-refractivity contribution in [1.29, 1.82) is 0 Å². The van der Waals surface area contributed by atoms with Gasteiger partial charge in [-0.3, -0.25) is 0 Å². The fraction of sp³-hybridized carbons (Fsp3) is 0.316. The van der Waals surface area contributed by atoms with Crippen molar-refractivity contribution in [3.8, 4) is 5.75 Å². The Bertz CT molecular complexity index is 736. The summed E-state index contributed by atoms with van der Waals surface area (Å²) < 4.78 is 19.1. The maximum atomic E-state index is 13.6. The molecule has 134 valence electrons. The molecule has 4 nitrogen and oxygen atoms in total. The third-order valence-electron chi connectivity index (χ3n) is 4.01. The number of hydrogen-bond acceptors (Lipinski definition) is 3. The molecule has 2 rings (SSSR count). The van der Waals surface area contributed by atoms with Crippen LogP contribution < -0.4 is 15.4 Å². The topological polar surface area (TPSA) is 36.5 Å². The largest absolute Gasteiger partial charge is 0.496 e. The lowest BCUT2D eigenvalue weighted by Gasteiger charge is -2.27. The predicted octanol–water partition coefficient (Wildman–Crippen LogP) is 3.73. The number of nitrogens with one attached hydrogen (secondary N) is 2. The molecule has 1 atom stereocenters. The molecule has 2 aromatic carbocycles. The Labute approximate surface area is 154 Å². The molecule has 0 aliphatic heterocycles. The van der Waals surface area contributed by atoms with E-state index in [0.717, 1.165) is 11.3 Å². The zero-order valence-electron chi connectivity index (χ0n) is 15.0. The van der Waals surface area contributed by atoms with E-state index in [1.54, 1.807) is 26.2 Å². The van der Waals surface area contributed by atoms with Gasteiger partial charge in [-0.2, -0.15) is 0 Å². The van der Waals surface area contributed by atoms with Crippen molar-refractivity contribution in [3.05, 3.63) is 59.4 Å². The van der Waals surface area contributed by atoms with Crippen molar-refractivity contribution in [3.63, 3.8) is 0 Å². The van der Waals surface area contributed by atoms with Gasteiger partial charge in [-0.15, -0.1) is 0 Å². The minimum absolute atomic E-state index is 0.0747. The van der Waals surface area contributed by atoms with E-state index in [1.807, 2.05) is 38.4 Å². The van der Waals surface area contributed by atoms with Gasteiger partial charge < -0.3 is 20.3 Å². The van der Waals surface area contributed by atoms with Crippen LogP contribution in [0.4, 0.5) is 10.1 Å². The number of thiocarbonyl (C=S) groups is 1.